The summed E-state index contributed by atoms with van der Waals surface area (Å²) in [6.07, 6.45) is 3.02. The number of hydrogen-bond donors (Lipinski definition) is 1. The second-order valence-corrected chi connectivity index (χ2v) is 13.5. The second-order valence-electron chi connectivity index (χ2n) is 11.3. The van der Waals surface area contributed by atoms with Gasteiger partial charge in [-0.05, 0) is 61.7 Å². The van der Waals surface area contributed by atoms with Crippen LogP contribution in [0.25, 0.3) is 5.76 Å². The molecule has 1 atom stereocenters. The fourth-order valence-corrected chi connectivity index (χ4v) is 7.32. The number of amides is 1. The fourth-order valence-electron chi connectivity index (χ4n) is 5.50. The lowest BCUT2D eigenvalue weighted by molar-refractivity contribution is -0.132. The van der Waals surface area contributed by atoms with Gasteiger partial charge in [-0.2, -0.15) is 0 Å². The zero-order valence-electron chi connectivity index (χ0n) is 27.1. The number of nitrogens with zero attached hydrogens (tertiary/aromatic N) is 3. The minimum absolute atomic E-state index is 0.0835. The summed E-state index contributed by atoms with van der Waals surface area (Å²) in [7, 11) is 0. The summed E-state index contributed by atoms with van der Waals surface area (Å²) >= 11 is 2.71. The number of ketones is 1. The van der Waals surface area contributed by atoms with Crippen LogP contribution in [-0.2, 0) is 15.3 Å². The Kier molecular flexibility index (Phi) is 10.5. The highest BCUT2D eigenvalue weighted by molar-refractivity contribution is 8.00. The first-order valence-corrected chi connectivity index (χ1v) is 17.8. The molecule has 3 aromatic carbocycles. The normalized spacial score (nSPS) is 16.7. The van der Waals surface area contributed by atoms with E-state index in [9.17, 15) is 14.7 Å². The molecule has 2 aliphatic rings. The van der Waals surface area contributed by atoms with Crippen molar-refractivity contribution >= 4 is 45.7 Å². The van der Waals surface area contributed by atoms with Gasteiger partial charge in [0.1, 0.15) is 19.0 Å². The van der Waals surface area contributed by atoms with Gasteiger partial charge < -0.3 is 24.1 Å². The molecule has 1 amide bonds. The Bertz CT molecular complexity index is 1820. The molecule has 1 fully saturated rings. The molecule has 6 rings (SSSR count). The zero-order chi connectivity index (χ0) is 33.6. The monoisotopic (exact) mass is 687 g/mol. The summed E-state index contributed by atoms with van der Waals surface area (Å²) in [5.74, 6) is 0.688. The number of hydrogen-bond acceptors (Lipinski definition) is 11. The number of fused-ring (bicyclic) bond motifs is 1. The van der Waals surface area contributed by atoms with E-state index in [4.69, 9.17) is 18.9 Å². The average molecular weight is 688 g/mol. The van der Waals surface area contributed by atoms with Crippen molar-refractivity contribution in [1.29, 1.82) is 0 Å². The Morgan fingerprint density at radius 3 is 2.52 bits per heavy atom. The maximum absolute atomic E-state index is 13.8. The van der Waals surface area contributed by atoms with Crippen molar-refractivity contribution < 1.29 is 33.6 Å². The highest BCUT2D eigenvalue weighted by atomic mass is 32.2. The zero-order valence-corrected chi connectivity index (χ0v) is 28.7. The number of carbonyl (C=O) groups is 2. The number of unbranched alkanes of at least 4 members (excludes halogenated alkanes) is 2. The van der Waals surface area contributed by atoms with Crippen LogP contribution in [0, 0.1) is 6.92 Å². The molecule has 0 radical (unpaired) electrons. The highest BCUT2D eigenvalue weighted by Crippen LogP contribution is 2.46. The highest BCUT2D eigenvalue weighted by Gasteiger charge is 2.48. The van der Waals surface area contributed by atoms with Crippen LogP contribution in [0.2, 0.25) is 0 Å². The molecular formula is C36H37N3O7S2. The Labute approximate surface area is 287 Å². The van der Waals surface area contributed by atoms with E-state index in [-0.39, 0.29) is 16.5 Å². The van der Waals surface area contributed by atoms with Gasteiger partial charge in [-0.25, -0.2) is 0 Å². The topological polar surface area (TPSA) is 120 Å². The van der Waals surface area contributed by atoms with E-state index in [0.717, 1.165) is 24.8 Å². The number of aliphatic hydroxyl groups is 1. The number of aliphatic hydroxyl groups excluding tert-OH is 1. The van der Waals surface area contributed by atoms with Crippen LogP contribution in [0.3, 0.4) is 0 Å². The van der Waals surface area contributed by atoms with Gasteiger partial charge in [0, 0.05) is 11.3 Å². The summed E-state index contributed by atoms with van der Waals surface area (Å²) in [6, 6.07) is 17.5. The molecular weight excluding hydrogens is 651 g/mol. The summed E-state index contributed by atoms with van der Waals surface area (Å²) in [6.45, 7) is 7.73. The molecule has 4 aromatic rings. The van der Waals surface area contributed by atoms with E-state index < -0.39 is 17.7 Å². The molecule has 1 N–H and O–H groups in total. The van der Waals surface area contributed by atoms with E-state index in [1.807, 2.05) is 13.8 Å². The Morgan fingerprint density at radius 2 is 1.75 bits per heavy atom. The van der Waals surface area contributed by atoms with Crippen LogP contribution in [-0.4, -0.2) is 53.4 Å². The fraction of sp³-hybridized carbons (Fsp3) is 0.333. The van der Waals surface area contributed by atoms with Gasteiger partial charge in [0.05, 0.1) is 24.8 Å². The molecule has 2 aliphatic heterocycles. The number of aryl methyl sites for hydroxylation is 1. The quantitative estimate of drug-likeness (QED) is 0.0378. The number of anilines is 1. The predicted octanol–water partition coefficient (Wildman–Crippen LogP) is 7.50. The van der Waals surface area contributed by atoms with E-state index in [1.165, 1.54) is 33.6 Å². The number of benzene rings is 3. The van der Waals surface area contributed by atoms with Crippen molar-refractivity contribution in [2.75, 3.05) is 31.3 Å². The van der Waals surface area contributed by atoms with Gasteiger partial charge in [0.15, 0.2) is 27.3 Å². The van der Waals surface area contributed by atoms with Crippen molar-refractivity contribution in [1.82, 2.24) is 10.2 Å². The van der Waals surface area contributed by atoms with Crippen LogP contribution in [0.15, 0.2) is 70.6 Å². The second kappa shape index (κ2) is 15.1. The molecule has 0 aliphatic carbocycles. The van der Waals surface area contributed by atoms with E-state index in [1.54, 1.807) is 36.4 Å². The Balaban J connectivity index is 1.40. The van der Waals surface area contributed by atoms with Crippen LogP contribution in [0.5, 0.6) is 23.0 Å². The summed E-state index contributed by atoms with van der Waals surface area (Å²) < 4.78 is 24.0. The third kappa shape index (κ3) is 7.14. The van der Waals surface area contributed by atoms with Gasteiger partial charge in [-0.3, -0.25) is 14.5 Å². The number of ether oxygens (including phenoxy) is 4. The Morgan fingerprint density at radius 1 is 0.958 bits per heavy atom. The van der Waals surface area contributed by atoms with Gasteiger partial charge >= 0.3 is 5.91 Å². The average Bonchev–Trinajstić information content (AvgIpc) is 3.68. The lowest BCUT2D eigenvalue weighted by Crippen LogP contribution is -2.29. The molecule has 0 unspecified atom stereocenters. The van der Waals surface area contributed by atoms with Gasteiger partial charge in [-0.15, -0.1) is 10.2 Å². The molecule has 1 aromatic heterocycles. The maximum atomic E-state index is 13.8. The molecule has 12 heteroatoms. The van der Waals surface area contributed by atoms with E-state index in [0.29, 0.717) is 70.6 Å². The minimum Gasteiger partial charge on any atom is -0.507 e. The van der Waals surface area contributed by atoms with Gasteiger partial charge in [0.2, 0.25) is 5.13 Å². The molecule has 10 nitrogen and oxygen atoms in total. The van der Waals surface area contributed by atoms with Crippen molar-refractivity contribution in [3.63, 3.8) is 0 Å². The van der Waals surface area contributed by atoms with Crippen LogP contribution in [0.1, 0.15) is 61.4 Å². The van der Waals surface area contributed by atoms with Crippen molar-refractivity contribution in [2.45, 2.75) is 56.2 Å². The molecule has 0 bridgehead atoms. The lowest BCUT2D eigenvalue weighted by Gasteiger charge is -2.24. The third-order valence-electron chi connectivity index (χ3n) is 7.93. The summed E-state index contributed by atoms with van der Waals surface area (Å²) in [4.78, 5) is 29.0. The van der Waals surface area contributed by atoms with Crippen molar-refractivity contribution in [2.24, 2.45) is 0 Å². The molecule has 48 heavy (non-hydrogen) atoms. The molecule has 3 heterocycles. The van der Waals surface area contributed by atoms with Crippen LogP contribution < -0.4 is 23.8 Å². The van der Waals surface area contributed by atoms with E-state index >= 15 is 0 Å². The molecule has 1 saturated heterocycles. The lowest BCUT2D eigenvalue weighted by atomic mass is 9.95. The molecule has 0 spiro atoms. The predicted molar refractivity (Wildman–Crippen MR) is 185 cm³/mol. The Hall–Kier alpha value is -4.55. The van der Waals surface area contributed by atoms with Crippen molar-refractivity contribution in [3.05, 3.63) is 88.5 Å². The first-order valence-electron chi connectivity index (χ1n) is 16.0. The first kappa shape index (κ1) is 33.4. The largest absolute Gasteiger partial charge is 0.507 e. The molecule has 0 saturated carbocycles. The number of rotatable bonds is 13. The number of carbonyl (C=O) groups excluding carboxylic acids is 2. The van der Waals surface area contributed by atoms with Crippen molar-refractivity contribution in [3.8, 4) is 23.0 Å². The van der Waals surface area contributed by atoms with Gasteiger partial charge in [0.25, 0.3) is 5.78 Å². The SMILES string of the molecule is CCCCCOc1ccc([C@@H]2C(=C(O)c3ccc4c(c3)OCCO4)C(=O)C(=O)N2c2nnc(SCc3ccc(C)cc3)s2)cc1OCC. The first-order chi connectivity index (χ1) is 23.4. The van der Waals surface area contributed by atoms with Crippen LogP contribution >= 0.6 is 23.1 Å². The number of Topliss-reactive ketones (excluding diaryl/α,β-unsaturated/α-hetero) is 1. The molecule has 250 valence electrons. The standard InChI is InChI=1S/C36H37N3O7S2/c1-4-6-7-16-44-26-14-12-24(19-28(26)43-5-2)31-30(32(40)25-13-15-27-29(20-25)46-18-17-45-27)33(41)34(42)39(31)35-37-38-36(48-35)47-21-23-10-8-22(3)9-11-23/h8-15,19-20,31,40H,4-7,16-18,21H2,1-3H3/t31-/m1/s1. The summed E-state index contributed by atoms with van der Waals surface area (Å²) in [5, 5.41) is 20.7. The maximum Gasteiger partial charge on any atom is 0.301 e. The smallest absolute Gasteiger partial charge is 0.301 e. The number of aromatic nitrogens is 2. The van der Waals surface area contributed by atoms with Gasteiger partial charge in [-0.1, -0.05) is 78.8 Å². The number of thioether (sulfide) groups is 1. The third-order valence-corrected chi connectivity index (χ3v) is 10.1. The van der Waals surface area contributed by atoms with Crippen LogP contribution in [0.4, 0.5) is 5.13 Å². The summed E-state index contributed by atoms with van der Waals surface area (Å²) in [5.41, 5.74) is 3.08. The minimum atomic E-state index is -1.02. The van der Waals surface area contributed by atoms with E-state index in [2.05, 4.69) is 41.4 Å².